The summed E-state index contributed by atoms with van der Waals surface area (Å²) in [6, 6.07) is 6.77. The average molecular weight is 269 g/mol. The number of hydrogen-bond donors (Lipinski definition) is 1. The molecule has 3 atom stereocenters. The molecule has 1 N–H and O–H groups in total. The highest BCUT2D eigenvalue weighted by Crippen LogP contribution is 2.44. The molecule has 0 aromatic heterocycles. The molecule has 2 nitrogen and oxygen atoms in total. The third-order valence-corrected chi connectivity index (χ3v) is 5.67. The molecular formula is C18H23NO. The van der Waals surface area contributed by atoms with E-state index in [0.29, 0.717) is 6.04 Å². The van der Waals surface area contributed by atoms with E-state index >= 15 is 0 Å². The van der Waals surface area contributed by atoms with Gasteiger partial charge in [-0.25, -0.2) is 0 Å². The van der Waals surface area contributed by atoms with Gasteiger partial charge >= 0.3 is 0 Å². The van der Waals surface area contributed by atoms with Crippen molar-refractivity contribution in [3.8, 4) is 0 Å². The highest BCUT2D eigenvalue weighted by Gasteiger charge is 2.40. The number of hydrogen-bond acceptors (Lipinski definition) is 1. The van der Waals surface area contributed by atoms with E-state index in [4.69, 9.17) is 0 Å². The van der Waals surface area contributed by atoms with Gasteiger partial charge in [0.1, 0.15) is 0 Å². The third-order valence-electron chi connectivity index (χ3n) is 5.67. The van der Waals surface area contributed by atoms with Crippen LogP contribution < -0.4 is 5.32 Å². The number of benzene rings is 1. The second-order valence-electron chi connectivity index (χ2n) is 6.95. The third kappa shape index (κ3) is 2.15. The van der Waals surface area contributed by atoms with Crippen molar-refractivity contribution in [1.82, 2.24) is 5.32 Å². The maximum Gasteiger partial charge on any atom is 0.251 e. The van der Waals surface area contributed by atoms with Gasteiger partial charge in [-0.2, -0.15) is 0 Å². The standard InChI is InChI=1S/C18H23NO/c20-18(19-17-10-12-5-6-15(17)9-12)16-8-7-13-3-1-2-4-14(13)11-16/h7-8,11-12,15,17H,1-6,9-10H2,(H,19,20)/t12-,15-,17-/m0/s1. The predicted molar refractivity (Wildman–Crippen MR) is 79.8 cm³/mol. The molecule has 0 spiro atoms. The smallest absolute Gasteiger partial charge is 0.251 e. The van der Waals surface area contributed by atoms with Gasteiger partial charge in [0.15, 0.2) is 0 Å². The van der Waals surface area contributed by atoms with Crippen molar-refractivity contribution in [2.24, 2.45) is 11.8 Å². The Balaban J connectivity index is 1.48. The van der Waals surface area contributed by atoms with E-state index in [2.05, 4.69) is 17.4 Å². The van der Waals surface area contributed by atoms with Crippen molar-refractivity contribution in [2.45, 2.75) is 57.4 Å². The summed E-state index contributed by atoms with van der Waals surface area (Å²) in [5.74, 6) is 1.78. The lowest BCUT2D eigenvalue weighted by atomic mass is 9.90. The van der Waals surface area contributed by atoms with E-state index in [-0.39, 0.29) is 5.91 Å². The van der Waals surface area contributed by atoms with Crippen molar-refractivity contribution in [3.05, 3.63) is 34.9 Å². The zero-order valence-electron chi connectivity index (χ0n) is 12.0. The lowest BCUT2D eigenvalue weighted by molar-refractivity contribution is 0.0923. The van der Waals surface area contributed by atoms with Gasteiger partial charge in [0.05, 0.1) is 0 Å². The molecule has 2 saturated carbocycles. The highest BCUT2D eigenvalue weighted by molar-refractivity contribution is 5.94. The van der Waals surface area contributed by atoms with Crippen LogP contribution in [0.5, 0.6) is 0 Å². The van der Waals surface area contributed by atoms with Gasteiger partial charge in [0.2, 0.25) is 0 Å². The summed E-state index contributed by atoms with van der Waals surface area (Å²) in [6.07, 6.45) is 10.1. The Bertz CT molecular complexity index is 536. The van der Waals surface area contributed by atoms with Crippen LogP contribution in [0.2, 0.25) is 0 Å². The predicted octanol–water partition coefficient (Wildman–Crippen LogP) is 3.48. The summed E-state index contributed by atoms with van der Waals surface area (Å²) in [5.41, 5.74) is 3.72. The van der Waals surface area contributed by atoms with Crippen molar-refractivity contribution in [2.75, 3.05) is 0 Å². The lowest BCUT2D eigenvalue weighted by Crippen LogP contribution is -2.38. The Morgan fingerprint density at radius 1 is 1.05 bits per heavy atom. The number of carbonyl (C=O) groups excluding carboxylic acids is 1. The minimum atomic E-state index is 0.149. The molecule has 2 bridgehead atoms. The SMILES string of the molecule is O=C(N[C@H]1C[C@H]2CC[C@H]1C2)c1ccc2c(c1)CCCC2. The quantitative estimate of drug-likeness (QED) is 0.875. The minimum Gasteiger partial charge on any atom is -0.349 e. The fourth-order valence-electron chi connectivity index (χ4n) is 4.55. The molecule has 0 aliphatic heterocycles. The van der Waals surface area contributed by atoms with Crippen LogP contribution in [0.25, 0.3) is 0 Å². The first kappa shape index (κ1) is 12.4. The fourth-order valence-corrected chi connectivity index (χ4v) is 4.55. The number of amides is 1. The van der Waals surface area contributed by atoms with E-state index in [9.17, 15) is 4.79 Å². The Kier molecular flexibility index (Phi) is 3.05. The monoisotopic (exact) mass is 269 g/mol. The van der Waals surface area contributed by atoms with Crippen molar-refractivity contribution in [3.63, 3.8) is 0 Å². The van der Waals surface area contributed by atoms with Crippen LogP contribution in [0.1, 0.15) is 60.0 Å². The van der Waals surface area contributed by atoms with E-state index in [1.54, 1.807) is 0 Å². The van der Waals surface area contributed by atoms with Gasteiger partial charge in [-0.3, -0.25) is 4.79 Å². The van der Waals surface area contributed by atoms with Crippen molar-refractivity contribution >= 4 is 5.91 Å². The summed E-state index contributed by atoms with van der Waals surface area (Å²) < 4.78 is 0. The van der Waals surface area contributed by atoms with E-state index < -0.39 is 0 Å². The Morgan fingerprint density at radius 3 is 2.65 bits per heavy atom. The van der Waals surface area contributed by atoms with E-state index in [0.717, 1.165) is 23.8 Å². The van der Waals surface area contributed by atoms with Crippen molar-refractivity contribution < 1.29 is 4.79 Å². The maximum absolute atomic E-state index is 12.5. The molecule has 1 amide bonds. The van der Waals surface area contributed by atoms with E-state index in [1.165, 1.54) is 56.1 Å². The maximum atomic E-state index is 12.5. The normalized spacial score (nSPS) is 31.1. The molecule has 3 aliphatic rings. The molecule has 4 rings (SSSR count). The average Bonchev–Trinajstić information content (AvgIpc) is 3.09. The van der Waals surface area contributed by atoms with Crippen LogP contribution in [-0.2, 0) is 12.8 Å². The van der Waals surface area contributed by atoms with Crippen LogP contribution >= 0.6 is 0 Å². The van der Waals surface area contributed by atoms with Gasteiger partial charge in [-0.05, 0) is 80.0 Å². The van der Waals surface area contributed by atoms with Gasteiger partial charge < -0.3 is 5.32 Å². The molecule has 0 heterocycles. The number of fused-ring (bicyclic) bond motifs is 3. The molecule has 2 fully saturated rings. The second-order valence-corrected chi connectivity index (χ2v) is 6.95. The zero-order valence-corrected chi connectivity index (χ0v) is 12.0. The Morgan fingerprint density at radius 2 is 1.90 bits per heavy atom. The molecule has 0 unspecified atom stereocenters. The second kappa shape index (κ2) is 4.91. The molecule has 1 aromatic carbocycles. The van der Waals surface area contributed by atoms with Gasteiger partial charge in [0, 0.05) is 11.6 Å². The van der Waals surface area contributed by atoms with Gasteiger partial charge in [-0.15, -0.1) is 0 Å². The van der Waals surface area contributed by atoms with Crippen LogP contribution in [-0.4, -0.2) is 11.9 Å². The topological polar surface area (TPSA) is 29.1 Å². The number of rotatable bonds is 2. The fraction of sp³-hybridized carbons (Fsp3) is 0.611. The largest absolute Gasteiger partial charge is 0.349 e. The first-order valence-electron chi connectivity index (χ1n) is 8.22. The molecule has 2 heteroatoms. The van der Waals surface area contributed by atoms with Crippen molar-refractivity contribution in [1.29, 1.82) is 0 Å². The lowest BCUT2D eigenvalue weighted by Gasteiger charge is -2.23. The summed E-state index contributed by atoms with van der Waals surface area (Å²) in [4.78, 5) is 12.5. The molecule has 1 aromatic rings. The first-order chi connectivity index (χ1) is 9.79. The summed E-state index contributed by atoms with van der Waals surface area (Å²) in [6.45, 7) is 0. The first-order valence-corrected chi connectivity index (χ1v) is 8.22. The minimum absolute atomic E-state index is 0.149. The number of carbonyl (C=O) groups is 1. The van der Waals surface area contributed by atoms with Crippen LogP contribution in [0.15, 0.2) is 18.2 Å². The molecular weight excluding hydrogens is 246 g/mol. The van der Waals surface area contributed by atoms with Crippen LogP contribution in [0.4, 0.5) is 0 Å². The molecule has 0 radical (unpaired) electrons. The summed E-state index contributed by atoms with van der Waals surface area (Å²) >= 11 is 0. The van der Waals surface area contributed by atoms with Crippen LogP contribution in [0, 0.1) is 11.8 Å². The number of nitrogens with one attached hydrogen (secondary N) is 1. The Labute approximate surface area is 121 Å². The highest BCUT2D eigenvalue weighted by atomic mass is 16.1. The van der Waals surface area contributed by atoms with Gasteiger partial charge in [-0.1, -0.05) is 12.5 Å². The Hall–Kier alpha value is -1.31. The zero-order chi connectivity index (χ0) is 13.5. The summed E-state index contributed by atoms with van der Waals surface area (Å²) in [7, 11) is 0. The molecule has 20 heavy (non-hydrogen) atoms. The van der Waals surface area contributed by atoms with Gasteiger partial charge in [0.25, 0.3) is 5.91 Å². The molecule has 106 valence electrons. The summed E-state index contributed by atoms with van der Waals surface area (Å²) in [5, 5.41) is 3.29. The van der Waals surface area contributed by atoms with E-state index in [1.807, 2.05) is 6.07 Å². The molecule has 0 saturated heterocycles. The molecule has 3 aliphatic carbocycles. The number of aryl methyl sites for hydroxylation is 2. The van der Waals surface area contributed by atoms with Crippen LogP contribution in [0.3, 0.4) is 0 Å².